The minimum Gasteiger partial charge on any atom is -0.467 e. The van der Waals surface area contributed by atoms with E-state index in [2.05, 4.69) is 34.4 Å². The molecule has 92 valence electrons. The predicted octanol–water partition coefficient (Wildman–Crippen LogP) is 1.41. The van der Waals surface area contributed by atoms with Crippen LogP contribution in [0.4, 0.5) is 10.6 Å². The molecule has 2 rings (SSSR count). The highest BCUT2D eigenvalue weighted by Crippen LogP contribution is 2.44. The first-order chi connectivity index (χ1) is 8.01. The standard InChI is InChI=1S/C11H16N4O2/c1-11(2)6-7(11)13-9(16)14-8-4-5-12-10(15-8)17-3/h4-5,7H,6H2,1-3H3,(H2,12,13,14,15,16)/t7-/m0/s1. The van der Waals surface area contributed by atoms with Crippen molar-refractivity contribution < 1.29 is 9.53 Å². The molecule has 1 aromatic rings. The summed E-state index contributed by atoms with van der Waals surface area (Å²) < 4.78 is 4.87. The summed E-state index contributed by atoms with van der Waals surface area (Å²) in [6.07, 6.45) is 2.54. The fraction of sp³-hybridized carbons (Fsp3) is 0.545. The Morgan fingerprint density at radius 1 is 1.59 bits per heavy atom. The largest absolute Gasteiger partial charge is 0.467 e. The molecule has 0 unspecified atom stereocenters. The highest BCUT2D eigenvalue weighted by atomic mass is 16.5. The second-order valence-electron chi connectivity index (χ2n) is 4.77. The van der Waals surface area contributed by atoms with E-state index in [1.54, 1.807) is 6.07 Å². The van der Waals surface area contributed by atoms with Gasteiger partial charge in [0.25, 0.3) is 0 Å². The number of amides is 2. The van der Waals surface area contributed by atoms with Crippen molar-refractivity contribution >= 4 is 11.8 Å². The number of rotatable bonds is 3. The van der Waals surface area contributed by atoms with Gasteiger partial charge < -0.3 is 10.1 Å². The lowest BCUT2D eigenvalue weighted by Gasteiger charge is -2.08. The number of nitrogens with one attached hydrogen (secondary N) is 2. The Balaban J connectivity index is 1.89. The van der Waals surface area contributed by atoms with Crippen LogP contribution in [-0.4, -0.2) is 29.2 Å². The highest BCUT2D eigenvalue weighted by molar-refractivity contribution is 5.88. The second kappa shape index (κ2) is 4.20. The summed E-state index contributed by atoms with van der Waals surface area (Å²) in [5, 5.41) is 5.52. The molecule has 2 N–H and O–H groups in total. The van der Waals surface area contributed by atoms with Crippen LogP contribution < -0.4 is 15.4 Å². The van der Waals surface area contributed by atoms with E-state index in [4.69, 9.17) is 4.74 Å². The number of methoxy groups -OCH3 is 1. The van der Waals surface area contributed by atoms with Crippen LogP contribution in [0.1, 0.15) is 20.3 Å². The van der Waals surface area contributed by atoms with Gasteiger partial charge in [-0.25, -0.2) is 9.78 Å². The number of ether oxygens (including phenoxy) is 1. The van der Waals surface area contributed by atoms with Crippen LogP contribution in [0.2, 0.25) is 0 Å². The molecular weight excluding hydrogens is 220 g/mol. The first-order valence-corrected chi connectivity index (χ1v) is 5.46. The summed E-state index contributed by atoms with van der Waals surface area (Å²) in [6, 6.07) is 1.84. The molecule has 17 heavy (non-hydrogen) atoms. The van der Waals surface area contributed by atoms with Crippen LogP contribution in [0.5, 0.6) is 6.01 Å². The Morgan fingerprint density at radius 3 is 2.88 bits per heavy atom. The van der Waals surface area contributed by atoms with E-state index in [0.29, 0.717) is 5.82 Å². The number of nitrogens with zero attached hydrogens (tertiary/aromatic N) is 2. The number of hydrogen-bond acceptors (Lipinski definition) is 4. The topological polar surface area (TPSA) is 76.1 Å². The van der Waals surface area contributed by atoms with E-state index in [9.17, 15) is 4.79 Å². The van der Waals surface area contributed by atoms with Gasteiger partial charge in [-0.15, -0.1) is 0 Å². The van der Waals surface area contributed by atoms with Crippen LogP contribution in [0, 0.1) is 5.41 Å². The maximum Gasteiger partial charge on any atom is 0.320 e. The van der Waals surface area contributed by atoms with Crippen molar-refractivity contribution in [3.63, 3.8) is 0 Å². The molecule has 1 aromatic heterocycles. The predicted molar refractivity (Wildman–Crippen MR) is 62.9 cm³/mol. The van der Waals surface area contributed by atoms with Crippen molar-refractivity contribution in [1.82, 2.24) is 15.3 Å². The number of urea groups is 1. The van der Waals surface area contributed by atoms with Gasteiger partial charge in [0.05, 0.1) is 7.11 Å². The van der Waals surface area contributed by atoms with Gasteiger partial charge in [-0.3, -0.25) is 5.32 Å². The fourth-order valence-corrected chi connectivity index (χ4v) is 1.53. The summed E-state index contributed by atoms with van der Waals surface area (Å²) in [5.41, 5.74) is 0.209. The molecule has 1 atom stereocenters. The summed E-state index contributed by atoms with van der Waals surface area (Å²) >= 11 is 0. The van der Waals surface area contributed by atoms with E-state index < -0.39 is 0 Å². The third-order valence-corrected chi connectivity index (χ3v) is 2.88. The Kier molecular flexibility index (Phi) is 2.87. The third kappa shape index (κ3) is 2.83. The minimum atomic E-state index is -0.249. The monoisotopic (exact) mass is 236 g/mol. The average Bonchev–Trinajstić information content (AvgIpc) is 2.85. The van der Waals surface area contributed by atoms with Crippen molar-refractivity contribution in [3.8, 4) is 6.01 Å². The van der Waals surface area contributed by atoms with Crippen LogP contribution in [0.3, 0.4) is 0 Å². The highest BCUT2D eigenvalue weighted by Gasteiger charge is 2.46. The van der Waals surface area contributed by atoms with Crippen molar-refractivity contribution in [2.45, 2.75) is 26.3 Å². The van der Waals surface area contributed by atoms with Gasteiger partial charge >= 0.3 is 12.0 Å². The molecule has 1 aliphatic rings. The molecule has 1 fully saturated rings. The molecule has 6 heteroatoms. The van der Waals surface area contributed by atoms with Gasteiger partial charge in [0.2, 0.25) is 0 Å². The number of hydrogen-bond donors (Lipinski definition) is 2. The lowest BCUT2D eigenvalue weighted by molar-refractivity contribution is 0.250. The quantitative estimate of drug-likeness (QED) is 0.831. The van der Waals surface area contributed by atoms with Crippen LogP contribution in [0.15, 0.2) is 12.3 Å². The molecule has 0 aliphatic heterocycles. The zero-order valence-corrected chi connectivity index (χ0v) is 10.2. The zero-order valence-electron chi connectivity index (χ0n) is 10.2. The van der Waals surface area contributed by atoms with Gasteiger partial charge in [-0.1, -0.05) is 13.8 Å². The molecule has 0 saturated heterocycles. The molecule has 1 heterocycles. The molecule has 1 saturated carbocycles. The summed E-state index contributed by atoms with van der Waals surface area (Å²) in [7, 11) is 1.48. The normalized spacial score (nSPS) is 20.5. The molecule has 6 nitrogen and oxygen atoms in total. The Bertz CT molecular complexity index is 433. The van der Waals surface area contributed by atoms with Gasteiger partial charge in [-0.2, -0.15) is 4.98 Å². The van der Waals surface area contributed by atoms with E-state index in [1.165, 1.54) is 13.3 Å². The van der Waals surface area contributed by atoms with E-state index in [0.717, 1.165) is 6.42 Å². The molecular formula is C11H16N4O2. The van der Waals surface area contributed by atoms with E-state index >= 15 is 0 Å². The van der Waals surface area contributed by atoms with Crippen molar-refractivity contribution in [2.75, 3.05) is 12.4 Å². The Labute approximate surface area is 99.8 Å². The summed E-state index contributed by atoms with van der Waals surface area (Å²) in [6.45, 7) is 4.23. The molecule has 2 amide bonds. The number of carbonyl (C=O) groups excluding carboxylic acids is 1. The molecule has 0 bridgehead atoms. The molecule has 0 aromatic carbocycles. The lowest BCUT2D eigenvalue weighted by Crippen LogP contribution is -2.32. The van der Waals surface area contributed by atoms with Gasteiger partial charge in [-0.05, 0) is 17.9 Å². The molecule has 0 radical (unpaired) electrons. The van der Waals surface area contributed by atoms with E-state index in [1.807, 2.05) is 0 Å². The van der Waals surface area contributed by atoms with Crippen LogP contribution in [-0.2, 0) is 0 Å². The number of carbonyl (C=O) groups is 1. The first-order valence-electron chi connectivity index (χ1n) is 5.46. The lowest BCUT2D eigenvalue weighted by atomic mass is 10.2. The minimum absolute atomic E-state index is 0.209. The molecule has 1 aliphatic carbocycles. The summed E-state index contributed by atoms with van der Waals surface area (Å²) in [5.74, 6) is 0.424. The first kappa shape index (κ1) is 11.6. The van der Waals surface area contributed by atoms with Crippen molar-refractivity contribution in [1.29, 1.82) is 0 Å². The van der Waals surface area contributed by atoms with E-state index in [-0.39, 0.29) is 23.5 Å². The smallest absolute Gasteiger partial charge is 0.320 e. The second-order valence-corrected chi connectivity index (χ2v) is 4.77. The van der Waals surface area contributed by atoms with Crippen molar-refractivity contribution in [2.24, 2.45) is 5.41 Å². The SMILES string of the molecule is COc1nccc(NC(=O)N[C@H]2CC2(C)C)n1. The maximum absolute atomic E-state index is 11.6. The Morgan fingerprint density at radius 2 is 2.29 bits per heavy atom. The van der Waals surface area contributed by atoms with Gasteiger partial charge in [0.1, 0.15) is 5.82 Å². The maximum atomic E-state index is 11.6. The Hall–Kier alpha value is -1.85. The van der Waals surface area contributed by atoms with Gasteiger partial charge in [0, 0.05) is 12.2 Å². The number of anilines is 1. The van der Waals surface area contributed by atoms with Crippen LogP contribution in [0.25, 0.3) is 0 Å². The van der Waals surface area contributed by atoms with Gasteiger partial charge in [0.15, 0.2) is 0 Å². The fourth-order valence-electron chi connectivity index (χ4n) is 1.53. The average molecular weight is 236 g/mol. The third-order valence-electron chi connectivity index (χ3n) is 2.88. The molecule has 0 spiro atoms. The zero-order chi connectivity index (χ0) is 12.5. The van der Waals surface area contributed by atoms with Crippen molar-refractivity contribution in [3.05, 3.63) is 12.3 Å². The number of aromatic nitrogens is 2. The van der Waals surface area contributed by atoms with Crippen LogP contribution >= 0.6 is 0 Å². The summed E-state index contributed by atoms with van der Waals surface area (Å²) in [4.78, 5) is 19.5.